The molecule has 0 radical (unpaired) electrons. The van der Waals surface area contributed by atoms with Crippen LogP contribution < -0.4 is 14.8 Å². The summed E-state index contributed by atoms with van der Waals surface area (Å²) in [5.41, 5.74) is 2.10. The molecule has 1 amide bonds. The third kappa shape index (κ3) is 3.81. The van der Waals surface area contributed by atoms with Gasteiger partial charge < -0.3 is 14.8 Å². The van der Waals surface area contributed by atoms with Gasteiger partial charge in [-0.2, -0.15) is 0 Å². The molecule has 0 bridgehead atoms. The van der Waals surface area contributed by atoms with Gasteiger partial charge in [0.15, 0.2) is 5.82 Å². The molecule has 0 spiro atoms. The number of hydrogen-bond donors (Lipinski definition) is 1. The maximum absolute atomic E-state index is 12.6. The monoisotopic (exact) mass is 371 g/mol. The van der Waals surface area contributed by atoms with E-state index in [0.29, 0.717) is 27.9 Å². The highest BCUT2D eigenvalue weighted by Gasteiger charge is 2.13. The highest BCUT2D eigenvalue weighted by molar-refractivity contribution is 6.30. The number of hydrogen-bond acceptors (Lipinski definition) is 4. The molecule has 0 saturated carbocycles. The molecule has 134 valence electrons. The van der Waals surface area contributed by atoms with Crippen molar-refractivity contribution in [2.24, 2.45) is 0 Å². The Morgan fingerprint density at radius 1 is 1.08 bits per heavy atom. The van der Waals surface area contributed by atoms with Gasteiger partial charge in [-0.25, -0.2) is 4.68 Å². The molecule has 2 aromatic carbocycles. The Hall–Kier alpha value is -2.99. The Kier molecular flexibility index (Phi) is 5.14. The van der Waals surface area contributed by atoms with Crippen LogP contribution in [0.2, 0.25) is 5.02 Å². The second-order valence-corrected chi connectivity index (χ2v) is 6.05. The van der Waals surface area contributed by atoms with Gasteiger partial charge in [0.05, 0.1) is 19.9 Å². The number of nitrogens with zero attached hydrogens (tertiary/aromatic N) is 2. The predicted molar refractivity (Wildman–Crippen MR) is 101 cm³/mol. The third-order valence-electron chi connectivity index (χ3n) is 3.80. The van der Waals surface area contributed by atoms with Gasteiger partial charge >= 0.3 is 0 Å². The number of benzene rings is 2. The van der Waals surface area contributed by atoms with Crippen molar-refractivity contribution in [1.82, 2.24) is 9.78 Å². The van der Waals surface area contributed by atoms with Crippen LogP contribution in [0.5, 0.6) is 11.5 Å². The van der Waals surface area contributed by atoms with E-state index in [1.807, 2.05) is 19.1 Å². The molecule has 0 saturated heterocycles. The highest BCUT2D eigenvalue weighted by atomic mass is 35.5. The van der Waals surface area contributed by atoms with E-state index in [9.17, 15) is 4.79 Å². The van der Waals surface area contributed by atoms with Crippen LogP contribution >= 0.6 is 11.6 Å². The maximum atomic E-state index is 12.6. The standard InChI is InChI=1S/C19H18ClN3O3/c1-12-7-18(22-23(12)15-6-4-5-14(20)10-15)21-19(24)13-8-16(25-2)11-17(9-13)26-3/h4-11H,1-3H3,(H,21,22,24). The minimum absolute atomic E-state index is 0.307. The lowest BCUT2D eigenvalue weighted by Crippen LogP contribution is -2.13. The van der Waals surface area contributed by atoms with E-state index in [-0.39, 0.29) is 5.91 Å². The quantitative estimate of drug-likeness (QED) is 0.733. The van der Waals surface area contributed by atoms with Crippen molar-refractivity contribution in [2.45, 2.75) is 6.92 Å². The third-order valence-corrected chi connectivity index (χ3v) is 4.03. The number of ether oxygens (including phenoxy) is 2. The van der Waals surface area contributed by atoms with Crippen LogP contribution in [0.1, 0.15) is 16.1 Å². The molecule has 0 aliphatic heterocycles. The highest BCUT2D eigenvalue weighted by Crippen LogP contribution is 2.24. The second-order valence-electron chi connectivity index (χ2n) is 5.62. The largest absolute Gasteiger partial charge is 0.497 e. The van der Waals surface area contributed by atoms with Crippen molar-refractivity contribution >= 4 is 23.3 Å². The Morgan fingerprint density at radius 2 is 1.77 bits per heavy atom. The zero-order valence-corrected chi connectivity index (χ0v) is 15.4. The number of halogens is 1. The molecular formula is C19H18ClN3O3. The molecule has 0 fully saturated rings. The summed E-state index contributed by atoms with van der Waals surface area (Å²) in [4.78, 5) is 12.6. The fourth-order valence-corrected chi connectivity index (χ4v) is 2.72. The Morgan fingerprint density at radius 3 is 2.38 bits per heavy atom. The number of rotatable bonds is 5. The first-order valence-electron chi connectivity index (χ1n) is 7.87. The minimum Gasteiger partial charge on any atom is -0.497 e. The Balaban J connectivity index is 1.86. The zero-order valence-electron chi connectivity index (χ0n) is 14.6. The predicted octanol–water partition coefficient (Wildman–Crippen LogP) is 4.10. The van der Waals surface area contributed by atoms with E-state index < -0.39 is 0 Å². The Labute approximate surface area is 156 Å². The topological polar surface area (TPSA) is 65.4 Å². The lowest BCUT2D eigenvalue weighted by atomic mass is 10.2. The van der Waals surface area contributed by atoms with Gasteiger partial charge in [-0.15, -0.1) is 5.10 Å². The van der Waals surface area contributed by atoms with Gasteiger partial charge in [-0.1, -0.05) is 17.7 Å². The average Bonchev–Trinajstić information content (AvgIpc) is 3.01. The van der Waals surface area contributed by atoms with Crippen molar-refractivity contribution in [1.29, 1.82) is 0 Å². The van der Waals surface area contributed by atoms with Crippen LogP contribution in [0.25, 0.3) is 5.69 Å². The first kappa shape index (κ1) is 17.8. The molecule has 0 atom stereocenters. The first-order valence-corrected chi connectivity index (χ1v) is 8.25. The number of methoxy groups -OCH3 is 2. The number of anilines is 1. The number of carbonyl (C=O) groups excluding carboxylic acids is 1. The fourth-order valence-electron chi connectivity index (χ4n) is 2.53. The Bertz CT molecular complexity index is 931. The number of nitrogens with one attached hydrogen (secondary N) is 1. The summed E-state index contributed by atoms with van der Waals surface area (Å²) in [5.74, 6) is 1.21. The normalized spacial score (nSPS) is 10.5. The smallest absolute Gasteiger partial charge is 0.257 e. The first-order chi connectivity index (χ1) is 12.5. The van der Waals surface area contributed by atoms with Crippen molar-refractivity contribution in [3.8, 4) is 17.2 Å². The average molecular weight is 372 g/mol. The van der Waals surface area contributed by atoms with E-state index in [1.54, 1.807) is 41.1 Å². The molecule has 3 rings (SSSR count). The van der Waals surface area contributed by atoms with Gasteiger partial charge in [0.2, 0.25) is 0 Å². The molecular weight excluding hydrogens is 354 g/mol. The number of aromatic nitrogens is 2. The summed E-state index contributed by atoms with van der Waals surface area (Å²) < 4.78 is 12.1. The molecule has 1 heterocycles. The number of amides is 1. The van der Waals surface area contributed by atoms with E-state index in [4.69, 9.17) is 21.1 Å². The van der Waals surface area contributed by atoms with Gasteiger partial charge in [0.1, 0.15) is 11.5 Å². The fraction of sp³-hybridized carbons (Fsp3) is 0.158. The summed E-state index contributed by atoms with van der Waals surface area (Å²) in [6, 6.07) is 14.1. The summed E-state index contributed by atoms with van der Waals surface area (Å²) >= 11 is 6.04. The molecule has 0 aliphatic rings. The van der Waals surface area contributed by atoms with E-state index in [0.717, 1.165) is 11.4 Å². The van der Waals surface area contributed by atoms with Gasteiger partial charge in [0.25, 0.3) is 5.91 Å². The van der Waals surface area contributed by atoms with Crippen molar-refractivity contribution in [3.05, 3.63) is 64.8 Å². The molecule has 6 nitrogen and oxygen atoms in total. The molecule has 7 heteroatoms. The van der Waals surface area contributed by atoms with Crippen LogP contribution in [-0.4, -0.2) is 29.9 Å². The summed E-state index contributed by atoms with van der Waals surface area (Å²) in [5, 5.41) is 7.84. The van der Waals surface area contributed by atoms with Crippen LogP contribution in [0.15, 0.2) is 48.5 Å². The molecule has 1 aromatic heterocycles. The summed E-state index contributed by atoms with van der Waals surface area (Å²) in [6.45, 7) is 1.90. The second kappa shape index (κ2) is 7.49. The SMILES string of the molecule is COc1cc(OC)cc(C(=O)Nc2cc(C)n(-c3cccc(Cl)c3)n2)c1. The minimum atomic E-state index is -0.307. The zero-order chi connectivity index (χ0) is 18.7. The molecule has 26 heavy (non-hydrogen) atoms. The maximum Gasteiger partial charge on any atom is 0.257 e. The summed E-state index contributed by atoms with van der Waals surface area (Å²) in [6.07, 6.45) is 0. The van der Waals surface area contributed by atoms with Gasteiger partial charge in [0, 0.05) is 28.4 Å². The molecule has 0 aliphatic carbocycles. The van der Waals surface area contributed by atoms with Gasteiger partial charge in [-0.05, 0) is 37.3 Å². The number of aryl methyl sites for hydroxylation is 1. The van der Waals surface area contributed by atoms with Crippen molar-refractivity contribution in [3.63, 3.8) is 0 Å². The lowest BCUT2D eigenvalue weighted by molar-refractivity contribution is 0.102. The van der Waals surface area contributed by atoms with Crippen molar-refractivity contribution < 1.29 is 14.3 Å². The molecule has 0 unspecified atom stereocenters. The van der Waals surface area contributed by atoms with E-state index >= 15 is 0 Å². The lowest BCUT2D eigenvalue weighted by Gasteiger charge is -2.08. The van der Waals surface area contributed by atoms with Crippen molar-refractivity contribution in [2.75, 3.05) is 19.5 Å². The van der Waals surface area contributed by atoms with E-state index in [2.05, 4.69) is 10.4 Å². The summed E-state index contributed by atoms with van der Waals surface area (Å²) in [7, 11) is 3.07. The van der Waals surface area contributed by atoms with E-state index in [1.165, 1.54) is 14.2 Å². The van der Waals surface area contributed by atoms with Crippen LogP contribution in [0.3, 0.4) is 0 Å². The number of carbonyl (C=O) groups is 1. The molecule has 3 aromatic rings. The van der Waals surface area contributed by atoms with Crippen LogP contribution in [0.4, 0.5) is 5.82 Å². The molecule has 1 N–H and O–H groups in total. The van der Waals surface area contributed by atoms with Crippen LogP contribution in [0, 0.1) is 6.92 Å². The van der Waals surface area contributed by atoms with Gasteiger partial charge in [-0.3, -0.25) is 4.79 Å². The van der Waals surface area contributed by atoms with Crippen LogP contribution in [-0.2, 0) is 0 Å².